The molecule has 0 unspecified atom stereocenters. The minimum absolute atomic E-state index is 0.0909. The summed E-state index contributed by atoms with van der Waals surface area (Å²) in [4.78, 5) is 23.2. The molecule has 0 aliphatic rings. The van der Waals surface area contributed by atoms with E-state index < -0.39 is 23.1 Å². The molecule has 2 aromatic rings. The Morgan fingerprint density at radius 1 is 1.30 bits per heavy atom. The minimum atomic E-state index is -4.56. The number of hydrogen-bond acceptors (Lipinski definition) is 4. The number of carbonyl (C=O) groups is 1. The van der Waals surface area contributed by atoms with Gasteiger partial charge in [-0.25, -0.2) is 4.79 Å². The molecule has 0 saturated carbocycles. The van der Waals surface area contributed by atoms with Crippen LogP contribution >= 0.6 is 0 Å². The van der Waals surface area contributed by atoms with E-state index >= 15 is 0 Å². The summed E-state index contributed by atoms with van der Waals surface area (Å²) in [5.74, 6) is -1.18. The minimum Gasteiger partial charge on any atom is -0.460 e. The lowest BCUT2D eigenvalue weighted by Gasteiger charge is -2.07. The van der Waals surface area contributed by atoms with E-state index in [0.29, 0.717) is 6.07 Å². The Balaban J connectivity index is 2.58. The number of alkyl halides is 3. The third-order valence-electron chi connectivity index (χ3n) is 2.53. The first-order valence-electron chi connectivity index (χ1n) is 5.65. The van der Waals surface area contributed by atoms with Gasteiger partial charge in [0.05, 0.1) is 17.6 Å². The maximum atomic E-state index is 12.5. The zero-order valence-electron chi connectivity index (χ0n) is 10.3. The van der Waals surface area contributed by atoms with Crippen molar-refractivity contribution in [1.29, 1.82) is 0 Å². The lowest BCUT2D eigenvalue weighted by molar-refractivity contribution is -0.137. The number of fused-ring (bicyclic) bond motifs is 1. The van der Waals surface area contributed by atoms with Crippen LogP contribution < -0.4 is 5.43 Å². The molecule has 2 rings (SSSR count). The summed E-state index contributed by atoms with van der Waals surface area (Å²) in [6.07, 6.45) is -4.56. The molecule has 7 heteroatoms. The molecule has 0 bridgehead atoms. The number of halogens is 3. The Morgan fingerprint density at radius 3 is 2.60 bits per heavy atom. The van der Waals surface area contributed by atoms with Gasteiger partial charge in [0, 0.05) is 6.07 Å². The molecule has 1 aromatic heterocycles. The van der Waals surface area contributed by atoms with Crippen LogP contribution in [0.1, 0.15) is 23.0 Å². The summed E-state index contributed by atoms with van der Waals surface area (Å²) in [5.41, 5.74) is -1.80. The molecule has 1 aromatic carbocycles. The van der Waals surface area contributed by atoms with Crippen LogP contribution in [0.5, 0.6) is 0 Å². The quantitative estimate of drug-likeness (QED) is 0.796. The highest BCUT2D eigenvalue weighted by Gasteiger charge is 2.31. The van der Waals surface area contributed by atoms with Gasteiger partial charge in [-0.3, -0.25) is 4.79 Å². The van der Waals surface area contributed by atoms with Gasteiger partial charge in [0.15, 0.2) is 5.43 Å². The molecule has 0 radical (unpaired) electrons. The van der Waals surface area contributed by atoms with Crippen LogP contribution in [-0.4, -0.2) is 12.6 Å². The topological polar surface area (TPSA) is 56.5 Å². The molecular formula is C13H9F3O4. The van der Waals surface area contributed by atoms with Gasteiger partial charge in [0.1, 0.15) is 5.58 Å². The van der Waals surface area contributed by atoms with Gasteiger partial charge in [-0.15, -0.1) is 0 Å². The van der Waals surface area contributed by atoms with Gasteiger partial charge < -0.3 is 9.15 Å². The van der Waals surface area contributed by atoms with E-state index in [-0.39, 0.29) is 23.3 Å². The van der Waals surface area contributed by atoms with Gasteiger partial charge >= 0.3 is 12.1 Å². The molecule has 106 valence electrons. The normalized spacial score (nSPS) is 11.6. The molecule has 0 amide bonds. The van der Waals surface area contributed by atoms with E-state index in [1.54, 1.807) is 6.92 Å². The Kier molecular flexibility index (Phi) is 3.52. The Bertz CT molecular complexity index is 716. The van der Waals surface area contributed by atoms with Crippen LogP contribution in [0, 0.1) is 0 Å². The fraction of sp³-hybridized carbons (Fsp3) is 0.231. The van der Waals surface area contributed by atoms with Crippen LogP contribution in [0.3, 0.4) is 0 Å². The van der Waals surface area contributed by atoms with E-state index in [0.717, 1.165) is 18.2 Å². The van der Waals surface area contributed by atoms with Crippen molar-refractivity contribution in [1.82, 2.24) is 0 Å². The summed E-state index contributed by atoms with van der Waals surface area (Å²) in [6.45, 7) is 1.67. The van der Waals surface area contributed by atoms with Crippen LogP contribution in [0.25, 0.3) is 11.0 Å². The molecule has 0 fully saturated rings. The number of ether oxygens (including phenoxy) is 1. The zero-order valence-corrected chi connectivity index (χ0v) is 10.3. The van der Waals surface area contributed by atoms with E-state index in [1.807, 2.05) is 0 Å². The smallest absolute Gasteiger partial charge is 0.416 e. The highest BCUT2D eigenvalue weighted by atomic mass is 19.4. The number of carbonyl (C=O) groups excluding carboxylic acids is 1. The van der Waals surface area contributed by atoms with Gasteiger partial charge in [0.2, 0.25) is 5.76 Å². The molecule has 1 heterocycles. The molecule has 0 N–H and O–H groups in total. The van der Waals surface area contributed by atoms with E-state index in [4.69, 9.17) is 4.42 Å². The first-order chi connectivity index (χ1) is 9.32. The van der Waals surface area contributed by atoms with Crippen molar-refractivity contribution in [2.24, 2.45) is 0 Å². The SMILES string of the molecule is CCOC(=O)c1cc(=O)c2cc(C(F)(F)F)ccc2o1. The second-order valence-electron chi connectivity index (χ2n) is 3.90. The van der Waals surface area contributed by atoms with Gasteiger partial charge in [0.25, 0.3) is 0 Å². The van der Waals surface area contributed by atoms with Crippen LogP contribution in [-0.2, 0) is 10.9 Å². The fourth-order valence-electron chi connectivity index (χ4n) is 1.64. The number of benzene rings is 1. The summed E-state index contributed by atoms with van der Waals surface area (Å²) in [5, 5.41) is -0.243. The average molecular weight is 286 g/mol. The van der Waals surface area contributed by atoms with Crippen molar-refractivity contribution in [3.05, 3.63) is 45.8 Å². The highest BCUT2D eigenvalue weighted by Crippen LogP contribution is 2.30. The third-order valence-corrected chi connectivity index (χ3v) is 2.53. The highest BCUT2D eigenvalue weighted by molar-refractivity contribution is 5.89. The van der Waals surface area contributed by atoms with Crippen LogP contribution in [0.15, 0.2) is 33.5 Å². The second kappa shape index (κ2) is 4.99. The largest absolute Gasteiger partial charge is 0.460 e. The molecule has 0 aliphatic carbocycles. The Morgan fingerprint density at radius 2 is 2.00 bits per heavy atom. The average Bonchev–Trinajstić information content (AvgIpc) is 2.37. The monoisotopic (exact) mass is 286 g/mol. The maximum Gasteiger partial charge on any atom is 0.416 e. The van der Waals surface area contributed by atoms with Gasteiger partial charge in [-0.1, -0.05) is 0 Å². The van der Waals surface area contributed by atoms with E-state index in [2.05, 4.69) is 4.74 Å². The van der Waals surface area contributed by atoms with Crippen molar-refractivity contribution >= 4 is 16.9 Å². The summed E-state index contributed by atoms with van der Waals surface area (Å²) >= 11 is 0. The van der Waals surface area contributed by atoms with Crippen molar-refractivity contribution in [2.45, 2.75) is 13.1 Å². The second-order valence-corrected chi connectivity index (χ2v) is 3.90. The van der Waals surface area contributed by atoms with Crippen LogP contribution in [0.2, 0.25) is 0 Å². The fourth-order valence-corrected chi connectivity index (χ4v) is 1.64. The molecular weight excluding hydrogens is 277 g/mol. The van der Waals surface area contributed by atoms with Crippen molar-refractivity contribution < 1.29 is 27.1 Å². The van der Waals surface area contributed by atoms with Crippen molar-refractivity contribution in [3.8, 4) is 0 Å². The van der Waals surface area contributed by atoms with Crippen molar-refractivity contribution in [2.75, 3.05) is 6.61 Å². The first kappa shape index (κ1) is 14.1. The summed E-state index contributed by atoms with van der Waals surface area (Å²) < 4.78 is 47.4. The first-order valence-corrected chi connectivity index (χ1v) is 5.65. The molecule has 0 spiro atoms. The lowest BCUT2D eigenvalue weighted by Crippen LogP contribution is -2.11. The number of rotatable bonds is 2. The predicted molar refractivity (Wildman–Crippen MR) is 63.4 cm³/mol. The predicted octanol–water partition coefficient (Wildman–Crippen LogP) is 2.99. The van der Waals surface area contributed by atoms with Gasteiger partial charge in [-0.05, 0) is 25.1 Å². The summed E-state index contributed by atoms with van der Waals surface area (Å²) in [6, 6.07) is 3.29. The molecule has 20 heavy (non-hydrogen) atoms. The molecule has 4 nitrogen and oxygen atoms in total. The molecule has 0 saturated heterocycles. The third kappa shape index (κ3) is 2.66. The van der Waals surface area contributed by atoms with E-state index in [9.17, 15) is 22.8 Å². The number of hydrogen-bond donors (Lipinski definition) is 0. The zero-order chi connectivity index (χ0) is 14.9. The molecule has 0 aliphatic heterocycles. The Hall–Kier alpha value is -2.31. The van der Waals surface area contributed by atoms with E-state index in [1.165, 1.54) is 0 Å². The summed E-state index contributed by atoms with van der Waals surface area (Å²) in [7, 11) is 0. The Labute approximate surface area is 110 Å². The van der Waals surface area contributed by atoms with Gasteiger partial charge in [-0.2, -0.15) is 13.2 Å². The van der Waals surface area contributed by atoms with Crippen molar-refractivity contribution in [3.63, 3.8) is 0 Å². The molecule has 0 atom stereocenters. The standard InChI is InChI=1S/C13H9F3O4/c1-2-19-12(18)11-6-9(17)8-5-7(13(14,15)16)3-4-10(8)20-11/h3-6H,2H2,1H3. The lowest BCUT2D eigenvalue weighted by atomic mass is 10.1. The van der Waals surface area contributed by atoms with Crippen LogP contribution in [0.4, 0.5) is 13.2 Å². The number of esters is 1. The maximum absolute atomic E-state index is 12.5.